The van der Waals surface area contributed by atoms with Gasteiger partial charge in [0.05, 0.1) is 5.41 Å². The second-order valence-corrected chi connectivity index (χ2v) is 5.29. The summed E-state index contributed by atoms with van der Waals surface area (Å²) in [6.07, 6.45) is 5.89. The number of ether oxygens (including phenoxy) is 1. The lowest BCUT2D eigenvalue weighted by molar-refractivity contribution is -0.200. The smallest absolute Gasteiger partial charge is 0.312 e. The van der Waals surface area contributed by atoms with Gasteiger partial charge >= 0.3 is 5.97 Å². The predicted octanol–water partition coefficient (Wildman–Crippen LogP) is 2.88. The first kappa shape index (κ1) is 10.3. The summed E-state index contributed by atoms with van der Waals surface area (Å²) in [4.78, 5) is 11.8. The summed E-state index contributed by atoms with van der Waals surface area (Å²) in [5.74, 6) is 0.675. The Morgan fingerprint density at radius 3 is 2.50 bits per heavy atom. The average molecular weight is 217 g/mol. The van der Waals surface area contributed by atoms with E-state index >= 15 is 0 Å². The van der Waals surface area contributed by atoms with Crippen molar-refractivity contribution in [2.45, 2.75) is 51.0 Å². The molecule has 2 saturated heterocycles. The molecule has 3 heteroatoms. The zero-order chi connectivity index (χ0) is 10.2. The predicted molar refractivity (Wildman–Crippen MR) is 55.4 cm³/mol. The molecule has 0 spiro atoms. The summed E-state index contributed by atoms with van der Waals surface area (Å²) < 4.78 is 5.49. The summed E-state index contributed by atoms with van der Waals surface area (Å²) in [7, 11) is 0. The van der Waals surface area contributed by atoms with Crippen LogP contribution in [-0.4, -0.2) is 17.5 Å². The molecule has 3 fully saturated rings. The van der Waals surface area contributed by atoms with E-state index in [1.807, 2.05) is 0 Å². The zero-order valence-corrected chi connectivity index (χ0v) is 9.40. The highest BCUT2D eigenvalue weighted by Crippen LogP contribution is 2.51. The van der Waals surface area contributed by atoms with Gasteiger partial charge in [-0.2, -0.15) is 0 Å². The van der Waals surface area contributed by atoms with E-state index in [4.69, 9.17) is 16.3 Å². The van der Waals surface area contributed by atoms with Gasteiger partial charge in [-0.25, -0.2) is 0 Å². The molecule has 2 heterocycles. The molecule has 1 aliphatic carbocycles. The molecular formula is C11H17ClO2. The molecule has 14 heavy (non-hydrogen) atoms. The topological polar surface area (TPSA) is 26.3 Å². The van der Waals surface area contributed by atoms with Crippen LogP contribution in [-0.2, 0) is 9.53 Å². The molecule has 1 saturated carbocycles. The third-order valence-electron chi connectivity index (χ3n) is 3.83. The van der Waals surface area contributed by atoms with Crippen molar-refractivity contribution in [2.75, 3.05) is 5.88 Å². The van der Waals surface area contributed by atoms with Crippen molar-refractivity contribution in [2.24, 2.45) is 5.41 Å². The molecule has 3 aliphatic rings. The summed E-state index contributed by atoms with van der Waals surface area (Å²) in [5.41, 5.74) is -0.327. The largest absolute Gasteiger partial charge is 0.459 e. The lowest BCUT2D eigenvalue weighted by Gasteiger charge is -2.50. The number of alkyl halides is 1. The Labute approximate surface area is 90.0 Å². The standard InChI is InChI=1S/C11H17ClO2/c1-10-4-6-11(7-5-10,3-2-8-12)9(13)14-10/h2-8H2,1H3. The molecule has 80 valence electrons. The fourth-order valence-electron chi connectivity index (χ4n) is 2.65. The van der Waals surface area contributed by atoms with Crippen LogP contribution in [0.5, 0.6) is 0 Å². The third-order valence-corrected chi connectivity index (χ3v) is 4.09. The van der Waals surface area contributed by atoms with Gasteiger partial charge in [0, 0.05) is 5.88 Å². The van der Waals surface area contributed by atoms with Gasteiger partial charge in [0.1, 0.15) is 5.60 Å². The molecular weight excluding hydrogens is 200 g/mol. The normalized spacial score (nSPS) is 41.1. The molecule has 3 rings (SSSR count). The summed E-state index contributed by atoms with van der Waals surface area (Å²) >= 11 is 5.68. The average Bonchev–Trinajstić information content (AvgIpc) is 2.16. The minimum Gasteiger partial charge on any atom is -0.459 e. The highest BCUT2D eigenvalue weighted by atomic mass is 35.5. The third kappa shape index (κ3) is 1.54. The summed E-state index contributed by atoms with van der Waals surface area (Å²) in [6.45, 7) is 2.05. The van der Waals surface area contributed by atoms with Crippen molar-refractivity contribution in [1.82, 2.24) is 0 Å². The van der Waals surface area contributed by atoms with Crippen LogP contribution < -0.4 is 0 Å². The van der Waals surface area contributed by atoms with Gasteiger partial charge in [-0.15, -0.1) is 11.6 Å². The maximum atomic E-state index is 11.8. The van der Waals surface area contributed by atoms with Crippen LogP contribution in [0.2, 0.25) is 0 Å². The molecule has 2 aliphatic heterocycles. The van der Waals surface area contributed by atoms with E-state index in [2.05, 4.69) is 6.92 Å². The van der Waals surface area contributed by atoms with Crippen LogP contribution in [0.4, 0.5) is 0 Å². The maximum Gasteiger partial charge on any atom is 0.312 e. The Hall–Kier alpha value is -0.240. The van der Waals surface area contributed by atoms with Gasteiger partial charge in [-0.3, -0.25) is 4.79 Å². The molecule has 0 aromatic carbocycles. The van der Waals surface area contributed by atoms with Gasteiger partial charge < -0.3 is 4.74 Å². The van der Waals surface area contributed by atoms with Crippen LogP contribution in [0.15, 0.2) is 0 Å². The second kappa shape index (κ2) is 3.41. The lowest BCUT2D eigenvalue weighted by Crippen LogP contribution is -2.52. The van der Waals surface area contributed by atoms with Crippen molar-refractivity contribution in [1.29, 1.82) is 0 Å². The molecule has 0 amide bonds. The Morgan fingerprint density at radius 1 is 1.36 bits per heavy atom. The number of carbonyl (C=O) groups is 1. The number of fused-ring (bicyclic) bond motifs is 3. The molecule has 2 nitrogen and oxygen atoms in total. The van der Waals surface area contributed by atoms with Crippen molar-refractivity contribution in [3.05, 3.63) is 0 Å². The monoisotopic (exact) mass is 216 g/mol. The minimum absolute atomic E-state index is 0.0302. The Balaban J connectivity index is 2.09. The van der Waals surface area contributed by atoms with Crippen molar-refractivity contribution in [3.8, 4) is 0 Å². The van der Waals surface area contributed by atoms with E-state index in [0.29, 0.717) is 5.88 Å². The number of esters is 1. The highest BCUT2D eigenvalue weighted by Gasteiger charge is 2.53. The van der Waals surface area contributed by atoms with E-state index in [0.717, 1.165) is 38.5 Å². The SMILES string of the molecule is CC12CCC(CCCCl)(CC1)C(=O)O2. The molecule has 0 aromatic rings. The second-order valence-electron chi connectivity index (χ2n) is 4.91. The number of hydrogen-bond acceptors (Lipinski definition) is 2. The maximum absolute atomic E-state index is 11.8. The first-order valence-electron chi connectivity index (χ1n) is 5.40. The molecule has 0 radical (unpaired) electrons. The van der Waals surface area contributed by atoms with Gasteiger partial charge in [0.25, 0.3) is 0 Å². The number of hydrogen-bond donors (Lipinski definition) is 0. The molecule has 0 atom stereocenters. The number of carbonyl (C=O) groups excluding carboxylic acids is 1. The first-order chi connectivity index (χ1) is 6.60. The highest BCUT2D eigenvalue weighted by molar-refractivity contribution is 6.17. The van der Waals surface area contributed by atoms with Gasteiger partial charge in [-0.1, -0.05) is 0 Å². The number of halogens is 1. The van der Waals surface area contributed by atoms with Crippen molar-refractivity contribution in [3.63, 3.8) is 0 Å². The van der Waals surface area contributed by atoms with Gasteiger partial charge in [0.15, 0.2) is 0 Å². The van der Waals surface area contributed by atoms with E-state index < -0.39 is 0 Å². The van der Waals surface area contributed by atoms with Crippen LogP contribution in [0.1, 0.15) is 45.4 Å². The molecule has 0 N–H and O–H groups in total. The molecule has 0 unspecified atom stereocenters. The fraction of sp³-hybridized carbons (Fsp3) is 0.909. The molecule has 2 bridgehead atoms. The van der Waals surface area contributed by atoms with Crippen LogP contribution >= 0.6 is 11.6 Å². The van der Waals surface area contributed by atoms with E-state index in [1.165, 1.54) is 0 Å². The Bertz CT molecular complexity index is 236. The summed E-state index contributed by atoms with van der Waals surface area (Å²) in [6, 6.07) is 0. The van der Waals surface area contributed by atoms with Crippen molar-refractivity contribution >= 4 is 17.6 Å². The van der Waals surface area contributed by atoms with E-state index in [1.54, 1.807) is 0 Å². The fourth-order valence-corrected chi connectivity index (χ4v) is 2.79. The summed E-state index contributed by atoms with van der Waals surface area (Å²) in [5, 5.41) is 0. The van der Waals surface area contributed by atoms with Crippen LogP contribution in [0.25, 0.3) is 0 Å². The Morgan fingerprint density at radius 2 is 2.00 bits per heavy atom. The zero-order valence-electron chi connectivity index (χ0n) is 8.64. The van der Waals surface area contributed by atoms with Crippen LogP contribution in [0, 0.1) is 5.41 Å². The molecule has 0 aromatic heterocycles. The van der Waals surface area contributed by atoms with Crippen molar-refractivity contribution < 1.29 is 9.53 Å². The van der Waals surface area contributed by atoms with E-state index in [-0.39, 0.29) is 17.0 Å². The Kier molecular flexibility index (Phi) is 2.50. The van der Waals surface area contributed by atoms with Gasteiger partial charge in [0.2, 0.25) is 0 Å². The van der Waals surface area contributed by atoms with E-state index in [9.17, 15) is 4.79 Å². The number of rotatable bonds is 3. The lowest BCUT2D eigenvalue weighted by atomic mass is 9.64. The van der Waals surface area contributed by atoms with Crippen LogP contribution in [0.3, 0.4) is 0 Å². The minimum atomic E-state index is -0.174. The first-order valence-corrected chi connectivity index (χ1v) is 5.93. The quantitative estimate of drug-likeness (QED) is 0.536. The van der Waals surface area contributed by atoms with Gasteiger partial charge in [-0.05, 0) is 45.4 Å².